The monoisotopic (exact) mass is 721 g/mol. The van der Waals surface area contributed by atoms with Gasteiger partial charge in [-0.3, -0.25) is 43.2 Å². The average molecular weight is 722 g/mol. The van der Waals surface area contributed by atoms with Crippen LogP contribution in [-0.2, 0) is 90.5 Å². The van der Waals surface area contributed by atoms with E-state index in [1.807, 2.05) is 0 Å². The third kappa shape index (κ3) is 14.7. The third-order valence-electron chi connectivity index (χ3n) is 6.20. The Morgan fingerprint density at radius 2 is 1.08 bits per heavy atom. The first kappa shape index (κ1) is 43.2. The van der Waals surface area contributed by atoms with Crippen LogP contribution in [0.2, 0.25) is 0 Å². The van der Waals surface area contributed by atoms with E-state index in [0.717, 1.165) is 55.4 Å². The van der Waals surface area contributed by atoms with Crippen molar-refractivity contribution in [2.45, 2.75) is 117 Å². The molecule has 1 N–H and O–H groups in total. The summed E-state index contributed by atoms with van der Waals surface area (Å²) in [5.41, 5.74) is 0. The lowest BCUT2D eigenvalue weighted by molar-refractivity contribution is -0.331. The molecule has 0 aromatic rings. The highest BCUT2D eigenvalue weighted by Gasteiger charge is 2.55. The first-order valence-electron chi connectivity index (χ1n) is 15.2. The Labute approximate surface area is 286 Å². The molecule has 1 aliphatic heterocycles. The molecule has 0 aromatic heterocycles. The molecule has 1 heterocycles. The van der Waals surface area contributed by atoms with Crippen LogP contribution in [0.3, 0.4) is 0 Å². The largest absolute Gasteiger partial charge is 0.463 e. The Balaban J connectivity index is 4.11. The van der Waals surface area contributed by atoms with Gasteiger partial charge in [-0.05, 0) is 6.92 Å². The highest BCUT2D eigenvalue weighted by molar-refractivity contribution is 5.84. The van der Waals surface area contributed by atoms with Crippen LogP contribution in [0, 0.1) is 0 Å². The Bertz CT molecular complexity index is 1270. The van der Waals surface area contributed by atoms with E-state index in [1.165, 1.54) is 6.92 Å². The van der Waals surface area contributed by atoms with Gasteiger partial charge in [-0.1, -0.05) is 0 Å². The highest BCUT2D eigenvalue weighted by Crippen LogP contribution is 2.33. The molecule has 20 heteroatoms. The van der Waals surface area contributed by atoms with E-state index in [0.29, 0.717) is 0 Å². The lowest BCUT2D eigenvalue weighted by Gasteiger charge is -2.46. The quantitative estimate of drug-likeness (QED) is 0.139. The van der Waals surface area contributed by atoms with Crippen molar-refractivity contribution < 1.29 is 90.5 Å². The summed E-state index contributed by atoms with van der Waals surface area (Å²) in [5.74, 6) is -8.70. The minimum Gasteiger partial charge on any atom is -0.463 e. The summed E-state index contributed by atoms with van der Waals surface area (Å²) in [7, 11) is 0. The van der Waals surface area contributed by atoms with Gasteiger partial charge in [0.15, 0.2) is 36.8 Å². The number of hydrogen-bond donors (Lipinski definition) is 1. The fourth-order valence-electron chi connectivity index (χ4n) is 4.65. The second-order valence-corrected chi connectivity index (χ2v) is 10.6. The first-order chi connectivity index (χ1) is 23.3. The molecule has 1 fully saturated rings. The first-order valence-corrected chi connectivity index (χ1v) is 15.2. The van der Waals surface area contributed by atoms with Crippen LogP contribution in [0.5, 0.6) is 0 Å². The Hall–Kier alpha value is -4.85. The van der Waals surface area contributed by atoms with Gasteiger partial charge in [0, 0.05) is 61.9 Å². The highest BCUT2D eigenvalue weighted by atomic mass is 16.8. The van der Waals surface area contributed by atoms with Crippen molar-refractivity contribution in [3.8, 4) is 0 Å². The van der Waals surface area contributed by atoms with Crippen molar-refractivity contribution >= 4 is 53.7 Å². The van der Waals surface area contributed by atoms with Crippen LogP contribution in [0.4, 0.5) is 0 Å². The van der Waals surface area contributed by atoms with E-state index < -0.39 is 122 Å². The molecule has 0 spiro atoms. The summed E-state index contributed by atoms with van der Waals surface area (Å²) in [6.07, 6.45) is -16.6. The predicted molar refractivity (Wildman–Crippen MR) is 159 cm³/mol. The number of carbonyl (C=O) groups is 9. The van der Waals surface area contributed by atoms with Crippen LogP contribution in [0.1, 0.15) is 62.3 Å². The normalized spacial score (nSPS) is 22.1. The van der Waals surface area contributed by atoms with Crippen LogP contribution in [0.15, 0.2) is 0 Å². The van der Waals surface area contributed by atoms with Gasteiger partial charge in [0.25, 0.3) is 5.91 Å². The molecule has 20 nitrogen and oxygen atoms in total. The minimum absolute atomic E-state index is 0.00454. The van der Waals surface area contributed by atoms with Crippen molar-refractivity contribution in [3.63, 3.8) is 0 Å². The van der Waals surface area contributed by atoms with E-state index in [1.54, 1.807) is 0 Å². The third-order valence-corrected chi connectivity index (χ3v) is 6.20. The molecule has 282 valence electrons. The molecular formula is C30H43NO19. The zero-order valence-corrected chi connectivity index (χ0v) is 29.1. The SMILES string of the molecule is CCNC(=O)[C@H](OC(C)=O)[C@@H](OC(C)=O)[C@H](O[C@@H]1O[C@H](COC(C)=O)[C@H](OC(C)=O)[C@H](OC(C)=O)[C@H]1OC(C)=O)[C@@H](COC(C)=O)OC(C)=O. The summed E-state index contributed by atoms with van der Waals surface area (Å²) in [6.45, 7) is 7.88. The summed E-state index contributed by atoms with van der Waals surface area (Å²) in [5, 5.41) is 2.40. The van der Waals surface area contributed by atoms with Gasteiger partial charge in [-0.2, -0.15) is 0 Å². The molecule has 0 bridgehead atoms. The maximum absolute atomic E-state index is 13.3. The number of nitrogens with one attached hydrogen (secondary N) is 1. The summed E-state index contributed by atoms with van der Waals surface area (Å²) in [4.78, 5) is 111. The van der Waals surface area contributed by atoms with Crippen molar-refractivity contribution in [2.24, 2.45) is 0 Å². The number of amides is 1. The molecule has 50 heavy (non-hydrogen) atoms. The molecule has 1 aliphatic rings. The number of esters is 8. The lowest BCUT2D eigenvalue weighted by atomic mass is 9.97. The molecule has 0 radical (unpaired) electrons. The van der Waals surface area contributed by atoms with Crippen LogP contribution < -0.4 is 5.32 Å². The fourth-order valence-corrected chi connectivity index (χ4v) is 4.65. The minimum atomic E-state index is -2.03. The van der Waals surface area contributed by atoms with Crippen molar-refractivity contribution in [1.82, 2.24) is 5.32 Å². The van der Waals surface area contributed by atoms with Crippen molar-refractivity contribution in [1.29, 1.82) is 0 Å². The Kier molecular flexibility index (Phi) is 17.8. The maximum Gasteiger partial charge on any atom is 0.303 e. The summed E-state index contributed by atoms with van der Waals surface area (Å²) >= 11 is 0. The fraction of sp³-hybridized carbons (Fsp3) is 0.700. The van der Waals surface area contributed by atoms with Gasteiger partial charge in [0.1, 0.15) is 25.4 Å². The standard InChI is InChI=1S/C30H43NO19/c1-10-31-29(40)27(47-19(8)38)25(45-17(6)36)24(21(43-15(4)34)11-41-13(2)32)50-30-28(48-20(9)39)26(46-18(7)37)23(44-16(5)35)22(49-30)12-42-14(3)33/h21-28,30H,10-12H2,1-9H3,(H,31,40)/t21-,22-,23+,24-,25+,26+,27-,28-,30+/m1/s1. The van der Waals surface area contributed by atoms with Gasteiger partial charge in [0.05, 0.1) is 0 Å². The van der Waals surface area contributed by atoms with Gasteiger partial charge >= 0.3 is 47.8 Å². The molecule has 1 amide bonds. The van der Waals surface area contributed by atoms with E-state index in [2.05, 4.69) is 5.32 Å². The van der Waals surface area contributed by atoms with E-state index >= 15 is 0 Å². The number of hydrogen-bond acceptors (Lipinski definition) is 19. The molecule has 0 unspecified atom stereocenters. The topological polar surface area (TPSA) is 258 Å². The van der Waals surface area contributed by atoms with E-state index in [-0.39, 0.29) is 6.54 Å². The molecule has 1 rings (SSSR count). The zero-order valence-electron chi connectivity index (χ0n) is 29.1. The molecule has 0 saturated carbocycles. The van der Waals surface area contributed by atoms with Crippen LogP contribution >= 0.6 is 0 Å². The smallest absolute Gasteiger partial charge is 0.303 e. The number of carbonyl (C=O) groups excluding carboxylic acids is 9. The zero-order chi connectivity index (χ0) is 38.3. The Morgan fingerprint density at radius 1 is 0.580 bits per heavy atom. The maximum atomic E-state index is 13.3. The second-order valence-electron chi connectivity index (χ2n) is 10.6. The van der Waals surface area contributed by atoms with Crippen molar-refractivity contribution in [3.05, 3.63) is 0 Å². The van der Waals surface area contributed by atoms with Crippen LogP contribution in [-0.4, -0.2) is 129 Å². The molecule has 0 aliphatic carbocycles. The summed E-state index contributed by atoms with van der Waals surface area (Å²) < 4.78 is 54.4. The number of rotatable bonds is 17. The predicted octanol–water partition coefficient (Wildman–Crippen LogP) is -1.05. The van der Waals surface area contributed by atoms with E-state index in [4.69, 9.17) is 47.4 Å². The molecular weight excluding hydrogens is 678 g/mol. The lowest BCUT2D eigenvalue weighted by Crippen LogP contribution is -2.65. The Morgan fingerprint density at radius 3 is 1.54 bits per heavy atom. The number of likely N-dealkylation sites (N-methyl/N-ethyl adjacent to an activating group) is 1. The van der Waals surface area contributed by atoms with Crippen molar-refractivity contribution in [2.75, 3.05) is 19.8 Å². The van der Waals surface area contributed by atoms with Gasteiger partial charge in [-0.25, -0.2) is 0 Å². The molecule has 0 aromatic carbocycles. The summed E-state index contributed by atoms with van der Waals surface area (Å²) in [6, 6.07) is 0. The average Bonchev–Trinajstić information content (AvgIpc) is 2.96. The molecule has 9 atom stereocenters. The van der Waals surface area contributed by atoms with Gasteiger partial charge in [-0.15, -0.1) is 0 Å². The van der Waals surface area contributed by atoms with Gasteiger partial charge in [0.2, 0.25) is 6.10 Å². The van der Waals surface area contributed by atoms with Crippen LogP contribution in [0.25, 0.3) is 0 Å². The van der Waals surface area contributed by atoms with Gasteiger partial charge < -0.3 is 52.7 Å². The second kappa shape index (κ2) is 20.6. The van der Waals surface area contributed by atoms with E-state index in [9.17, 15) is 43.2 Å². The molecule has 1 saturated heterocycles. The number of ether oxygens (including phenoxy) is 10.